The number of hydrogen-bond donors (Lipinski definition) is 4. The van der Waals surface area contributed by atoms with Gasteiger partial charge in [0.1, 0.15) is 0 Å². The SMILES string of the molecule is COc1cc(C(=O)N[C@@H](Cc2ccccc2)[C@H](O)CN(CC(C)C)S(=O)(=O)c2ccc(N)cc2)cc(OC)c1O. The molecule has 3 aromatic carbocycles. The Kier molecular flexibility index (Phi) is 10.4. The topological polar surface area (TPSA) is 151 Å². The molecule has 0 saturated carbocycles. The molecule has 0 fully saturated rings. The maximum Gasteiger partial charge on any atom is 0.251 e. The molecule has 0 spiro atoms. The Morgan fingerprint density at radius 2 is 1.55 bits per heavy atom. The van der Waals surface area contributed by atoms with E-state index in [0.29, 0.717) is 5.69 Å². The number of nitrogen functional groups attached to an aromatic ring is 1. The lowest BCUT2D eigenvalue weighted by Crippen LogP contribution is -2.51. The van der Waals surface area contributed by atoms with E-state index in [0.717, 1.165) is 5.56 Å². The Morgan fingerprint density at radius 1 is 0.975 bits per heavy atom. The number of nitrogens with two attached hydrogens (primary N) is 1. The highest BCUT2D eigenvalue weighted by molar-refractivity contribution is 7.89. The van der Waals surface area contributed by atoms with Gasteiger partial charge in [0, 0.05) is 24.3 Å². The van der Waals surface area contributed by atoms with E-state index in [4.69, 9.17) is 15.2 Å². The number of sulfonamides is 1. The minimum Gasteiger partial charge on any atom is -0.502 e. The molecule has 0 aliphatic carbocycles. The molecule has 3 aromatic rings. The minimum absolute atomic E-state index is 0.0325. The maximum absolute atomic E-state index is 13.5. The van der Waals surface area contributed by atoms with Gasteiger partial charge in [-0.25, -0.2) is 8.42 Å². The van der Waals surface area contributed by atoms with Crippen LogP contribution >= 0.6 is 0 Å². The largest absolute Gasteiger partial charge is 0.502 e. The molecule has 11 heteroatoms. The zero-order valence-corrected chi connectivity index (χ0v) is 23.9. The van der Waals surface area contributed by atoms with Crippen molar-refractivity contribution in [1.29, 1.82) is 0 Å². The lowest BCUT2D eigenvalue weighted by Gasteiger charge is -2.31. The van der Waals surface area contributed by atoms with Crippen molar-refractivity contribution in [2.75, 3.05) is 33.0 Å². The van der Waals surface area contributed by atoms with Crippen molar-refractivity contribution in [1.82, 2.24) is 9.62 Å². The molecule has 0 unspecified atom stereocenters. The fourth-order valence-electron chi connectivity index (χ4n) is 4.23. The average Bonchev–Trinajstić information content (AvgIpc) is 2.92. The molecular formula is C29H37N3O7S. The van der Waals surface area contributed by atoms with E-state index in [-0.39, 0.29) is 53.1 Å². The molecule has 0 aliphatic rings. The Morgan fingerprint density at radius 3 is 2.08 bits per heavy atom. The summed E-state index contributed by atoms with van der Waals surface area (Å²) in [7, 11) is -1.27. The molecule has 5 N–H and O–H groups in total. The van der Waals surface area contributed by atoms with Crippen LogP contribution in [-0.2, 0) is 16.4 Å². The number of nitrogens with one attached hydrogen (secondary N) is 1. The number of nitrogens with zero attached hydrogens (tertiary/aromatic N) is 1. The second kappa shape index (κ2) is 13.5. The zero-order chi connectivity index (χ0) is 29.4. The number of benzene rings is 3. The van der Waals surface area contributed by atoms with Crippen LogP contribution in [0.25, 0.3) is 0 Å². The molecule has 0 heterocycles. The normalized spacial score (nSPS) is 13.2. The van der Waals surface area contributed by atoms with Crippen LogP contribution in [0.2, 0.25) is 0 Å². The molecule has 216 valence electrons. The third kappa shape index (κ3) is 7.65. The molecule has 0 saturated heterocycles. The van der Waals surface area contributed by atoms with Crippen molar-refractivity contribution in [3.8, 4) is 17.2 Å². The molecule has 2 atom stereocenters. The van der Waals surface area contributed by atoms with Gasteiger partial charge in [-0.3, -0.25) is 4.79 Å². The number of phenolic OH excluding ortho intramolecular Hbond substituents is 1. The quantitative estimate of drug-likeness (QED) is 0.229. The molecule has 0 bridgehead atoms. The van der Waals surface area contributed by atoms with Crippen molar-refractivity contribution in [2.24, 2.45) is 5.92 Å². The van der Waals surface area contributed by atoms with Crippen LogP contribution in [0.5, 0.6) is 17.2 Å². The van der Waals surface area contributed by atoms with E-state index < -0.39 is 28.1 Å². The average molecular weight is 572 g/mol. The lowest BCUT2D eigenvalue weighted by molar-refractivity contribution is 0.0775. The van der Waals surface area contributed by atoms with E-state index in [9.17, 15) is 23.4 Å². The van der Waals surface area contributed by atoms with Gasteiger partial charge in [0.05, 0.1) is 31.3 Å². The number of carbonyl (C=O) groups excluding carboxylic acids is 1. The van der Waals surface area contributed by atoms with E-state index >= 15 is 0 Å². The van der Waals surface area contributed by atoms with Crippen molar-refractivity contribution in [3.63, 3.8) is 0 Å². The van der Waals surface area contributed by atoms with Crippen LogP contribution in [0.1, 0.15) is 29.8 Å². The smallest absolute Gasteiger partial charge is 0.251 e. The molecule has 1 amide bonds. The summed E-state index contributed by atoms with van der Waals surface area (Å²) in [6.45, 7) is 3.66. The molecule has 10 nitrogen and oxygen atoms in total. The fourth-order valence-corrected chi connectivity index (χ4v) is 5.85. The molecule has 0 aliphatic heterocycles. The first-order valence-corrected chi connectivity index (χ1v) is 14.2. The van der Waals surface area contributed by atoms with Gasteiger partial charge in [0.25, 0.3) is 5.91 Å². The van der Waals surface area contributed by atoms with Crippen molar-refractivity contribution >= 4 is 21.6 Å². The van der Waals surface area contributed by atoms with Gasteiger partial charge in [-0.15, -0.1) is 0 Å². The number of anilines is 1. The summed E-state index contributed by atoms with van der Waals surface area (Å²) in [4.78, 5) is 13.4. The monoisotopic (exact) mass is 571 g/mol. The third-order valence-corrected chi connectivity index (χ3v) is 8.14. The summed E-state index contributed by atoms with van der Waals surface area (Å²) in [5.41, 5.74) is 7.14. The maximum atomic E-state index is 13.5. The number of amides is 1. The first-order chi connectivity index (χ1) is 19.0. The first-order valence-electron chi connectivity index (χ1n) is 12.8. The van der Waals surface area contributed by atoms with Gasteiger partial charge < -0.3 is 30.7 Å². The second-order valence-electron chi connectivity index (χ2n) is 9.85. The van der Waals surface area contributed by atoms with Gasteiger partial charge in [-0.2, -0.15) is 4.31 Å². The number of aliphatic hydroxyl groups is 1. The van der Waals surface area contributed by atoms with Gasteiger partial charge in [-0.1, -0.05) is 44.2 Å². The van der Waals surface area contributed by atoms with Crippen LogP contribution in [0.15, 0.2) is 71.6 Å². The van der Waals surface area contributed by atoms with Crippen LogP contribution in [0, 0.1) is 5.92 Å². The van der Waals surface area contributed by atoms with Crippen molar-refractivity contribution in [3.05, 3.63) is 77.9 Å². The Hall–Kier alpha value is -3.80. The Balaban J connectivity index is 1.93. The fraction of sp³-hybridized carbons (Fsp3) is 0.345. The number of methoxy groups -OCH3 is 2. The summed E-state index contributed by atoms with van der Waals surface area (Å²) >= 11 is 0. The van der Waals surface area contributed by atoms with Crippen molar-refractivity contribution < 1.29 is 32.9 Å². The highest BCUT2D eigenvalue weighted by Gasteiger charge is 2.31. The molecule has 40 heavy (non-hydrogen) atoms. The van der Waals surface area contributed by atoms with E-state index in [1.54, 1.807) is 0 Å². The highest BCUT2D eigenvalue weighted by Crippen LogP contribution is 2.37. The summed E-state index contributed by atoms with van der Waals surface area (Å²) in [6, 6.07) is 17.0. The number of aromatic hydroxyl groups is 1. The molecular weight excluding hydrogens is 534 g/mol. The van der Waals surface area contributed by atoms with Crippen LogP contribution in [0.4, 0.5) is 5.69 Å². The molecule has 0 aromatic heterocycles. The zero-order valence-electron chi connectivity index (χ0n) is 23.1. The Bertz CT molecular complexity index is 1360. The predicted molar refractivity (Wildman–Crippen MR) is 153 cm³/mol. The number of ether oxygens (including phenoxy) is 2. The number of hydrogen-bond acceptors (Lipinski definition) is 8. The molecule has 0 radical (unpaired) electrons. The van der Waals surface area contributed by atoms with Crippen LogP contribution in [-0.4, -0.2) is 68.3 Å². The van der Waals surface area contributed by atoms with Crippen LogP contribution < -0.4 is 20.5 Å². The standard InChI is InChI=1S/C29H37N3O7S/c1-19(2)17-32(40(36,37)23-12-10-22(30)11-13-23)18-25(33)24(14-20-8-6-5-7-9-20)31-29(35)21-15-26(38-3)28(34)27(16-21)39-4/h5-13,15-16,19,24-25,33-34H,14,17-18,30H2,1-4H3,(H,31,35)/t24-,25+/m0/s1. The van der Waals surface area contributed by atoms with E-state index in [1.165, 1.54) is 54.9 Å². The van der Waals surface area contributed by atoms with Gasteiger partial charge in [-0.05, 0) is 54.3 Å². The summed E-state index contributed by atoms with van der Waals surface area (Å²) in [6.07, 6.45) is -1.04. The van der Waals surface area contributed by atoms with Crippen LogP contribution in [0.3, 0.4) is 0 Å². The van der Waals surface area contributed by atoms with Gasteiger partial charge >= 0.3 is 0 Å². The summed E-state index contributed by atoms with van der Waals surface area (Å²) in [5, 5.41) is 24.5. The molecule has 3 rings (SSSR count). The lowest BCUT2D eigenvalue weighted by atomic mass is 10.00. The van der Waals surface area contributed by atoms with Gasteiger partial charge in [0.15, 0.2) is 11.5 Å². The first kappa shape index (κ1) is 30.7. The summed E-state index contributed by atoms with van der Waals surface area (Å²) < 4.78 is 38.6. The second-order valence-corrected chi connectivity index (χ2v) is 11.8. The Labute approximate surface area is 235 Å². The minimum atomic E-state index is -3.97. The number of phenols is 1. The van der Waals surface area contributed by atoms with Gasteiger partial charge in [0.2, 0.25) is 15.8 Å². The number of rotatable bonds is 13. The third-order valence-electron chi connectivity index (χ3n) is 6.30. The van der Waals surface area contributed by atoms with E-state index in [1.807, 2.05) is 44.2 Å². The highest BCUT2D eigenvalue weighted by atomic mass is 32.2. The number of aliphatic hydroxyl groups excluding tert-OH is 1. The van der Waals surface area contributed by atoms with Crippen molar-refractivity contribution in [2.45, 2.75) is 37.3 Å². The predicted octanol–water partition coefficient (Wildman–Crippen LogP) is 3.04. The summed E-state index contributed by atoms with van der Waals surface area (Å²) in [5.74, 6) is -0.757. The van der Waals surface area contributed by atoms with E-state index in [2.05, 4.69) is 5.32 Å². The number of carbonyl (C=O) groups is 1.